The standard InChI is InChI=1S/C8H16O2.Nd/c1-3-5-6-7-8(9)10-4-2;/h3-7H2,1-2H3;. The van der Waals surface area contributed by atoms with Gasteiger partial charge in [-0.25, -0.2) is 0 Å². The third kappa shape index (κ3) is 10.8. The number of hydrogen-bond donors (Lipinski definition) is 0. The molecule has 64 valence electrons. The van der Waals surface area contributed by atoms with Gasteiger partial charge in [-0.1, -0.05) is 19.8 Å². The van der Waals surface area contributed by atoms with Crippen LogP contribution in [0, 0.1) is 40.8 Å². The van der Waals surface area contributed by atoms with Crippen LogP contribution in [0.15, 0.2) is 0 Å². The summed E-state index contributed by atoms with van der Waals surface area (Å²) in [6.07, 6.45) is 3.83. The van der Waals surface area contributed by atoms with Crippen LogP contribution in [0.4, 0.5) is 0 Å². The number of esters is 1. The minimum atomic E-state index is -0.0593. The quantitative estimate of drug-likeness (QED) is 0.572. The van der Waals surface area contributed by atoms with Gasteiger partial charge in [-0.3, -0.25) is 4.79 Å². The van der Waals surface area contributed by atoms with E-state index in [4.69, 9.17) is 4.74 Å². The molecule has 0 radical (unpaired) electrons. The van der Waals surface area contributed by atoms with Crippen LogP contribution in [-0.2, 0) is 9.53 Å². The smallest absolute Gasteiger partial charge is 0.305 e. The van der Waals surface area contributed by atoms with Gasteiger partial charge in [-0.2, -0.15) is 0 Å². The Bertz CT molecular complexity index is 94.1. The zero-order chi connectivity index (χ0) is 7.82. The fourth-order valence-electron chi connectivity index (χ4n) is 0.752. The maximum absolute atomic E-state index is 10.7. The van der Waals surface area contributed by atoms with Gasteiger partial charge in [0.15, 0.2) is 0 Å². The molecule has 0 unspecified atom stereocenters. The molecule has 0 saturated carbocycles. The van der Waals surface area contributed by atoms with E-state index in [0.717, 1.165) is 19.3 Å². The Balaban J connectivity index is 0. The van der Waals surface area contributed by atoms with Crippen molar-refractivity contribution < 1.29 is 50.4 Å². The van der Waals surface area contributed by atoms with Crippen molar-refractivity contribution in [2.45, 2.75) is 39.5 Å². The predicted molar refractivity (Wildman–Crippen MR) is 40.8 cm³/mol. The van der Waals surface area contributed by atoms with Crippen molar-refractivity contribution >= 4 is 5.97 Å². The second kappa shape index (κ2) is 10.8. The van der Waals surface area contributed by atoms with Crippen molar-refractivity contribution in [3.8, 4) is 0 Å². The Morgan fingerprint density at radius 1 is 1.27 bits per heavy atom. The number of ether oxygens (including phenoxy) is 1. The van der Waals surface area contributed by atoms with E-state index in [0.29, 0.717) is 13.0 Å². The van der Waals surface area contributed by atoms with Crippen molar-refractivity contribution in [2.75, 3.05) is 6.61 Å². The first-order valence-corrected chi connectivity index (χ1v) is 3.96. The summed E-state index contributed by atoms with van der Waals surface area (Å²) in [7, 11) is 0. The molecule has 2 nitrogen and oxygen atoms in total. The fraction of sp³-hybridized carbons (Fsp3) is 0.875. The molecule has 0 saturated heterocycles. The zero-order valence-electron chi connectivity index (χ0n) is 7.35. The number of rotatable bonds is 5. The van der Waals surface area contributed by atoms with Gasteiger partial charge in [0.2, 0.25) is 0 Å². The molecule has 0 bridgehead atoms. The van der Waals surface area contributed by atoms with Gasteiger partial charge in [-0.15, -0.1) is 0 Å². The van der Waals surface area contributed by atoms with Crippen LogP contribution in [0.5, 0.6) is 0 Å². The Kier molecular flexibility index (Phi) is 14.1. The van der Waals surface area contributed by atoms with E-state index in [9.17, 15) is 4.79 Å². The largest absolute Gasteiger partial charge is 0.466 e. The van der Waals surface area contributed by atoms with E-state index in [1.165, 1.54) is 0 Å². The van der Waals surface area contributed by atoms with Crippen molar-refractivity contribution in [3.63, 3.8) is 0 Å². The molecule has 0 aliphatic heterocycles. The molecule has 3 heteroatoms. The van der Waals surface area contributed by atoms with Crippen molar-refractivity contribution in [3.05, 3.63) is 0 Å². The zero-order valence-corrected chi connectivity index (χ0v) is 10.6. The average molecular weight is 288 g/mol. The van der Waals surface area contributed by atoms with Crippen LogP contribution in [0.25, 0.3) is 0 Å². The van der Waals surface area contributed by atoms with E-state index in [-0.39, 0.29) is 46.8 Å². The number of hydrogen-bond acceptors (Lipinski definition) is 2. The van der Waals surface area contributed by atoms with Crippen molar-refractivity contribution in [2.24, 2.45) is 0 Å². The number of carbonyl (C=O) groups excluding carboxylic acids is 1. The first-order chi connectivity index (χ1) is 4.81. The molecular formula is C8H16NdO2. The number of unbranched alkanes of at least 4 members (excludes halogenated alkanes) is 2. The van der Waals surface area contributed by atoms with Gasteiger partial charge in [0.1, 0.15) is 0 Å². The monoisotopic (exact) mass is 286 g/mol. The summed E-state index contributed by atoms with van der Waals surface area (Å²) in [4.78, 5) is 10.7. The van der Waals surface area contributed by atoms with Crippen molar-refractivity contribution in [1.82, 2.24) is 0 Å². The van der Waals surface area contributed by atoms with E-state index in [1.807, 2.05) is 6.92 Å². The summed E-state index contributed by atoms with van der Waals surface area (Å²) in [6.45, 7) is 4.45. The Labute approximate surface area is 102 Å². The third-order valence-electron chi connectivity index (χ3n) is 1.29. The molecule has 0 aromatic rings. The summed E-state index contributed by atoms with van der Waals surface area (Å²) < 4.78 is 4.75. The summed E-state index contributed by atoms with van der Waals surface area (Å²) in [6, 6.07) is 0. The second-order valence-electron chi connectivity index (χ2n) is 2.26. The molecule has 11 heavy (non-hydrogen) atoms. The molecule has 0 heterocycles. The molecule has 0 aromatic carbocycles. The molecule has 0 rings (SSSR count). The summed E-state index contributed by atoms with van der Waals surface area (Å²) in [5.41, 5.74) is 0. The maximum Gasteiger partial charge on any atom is 0.305 e. The van der Waals surface area contributed by atoms with Gasteiger partial charge in [0, 0.05) is 47.3 Å². The van der Waals surface area contributed by atoms with E-state index in [2.05, 4.69) is 6.92 Å². The van der Waals surface area contributed by atoms with Crippen LogP contribution in [0.3, 0.4) is 0 Å². The number of carbonyl (C=O) groups is 1. The first-order valence-electron chi connectivity index (χ1n) is 3.96. The third-order valence-corrected chi connectivity index (χ3v) is 1.29. The molecule has 0 aliphatic rings. The molecule has 0 aromatic heterocycles. The summed E-state index contributed by atoms with van der Waals surface area (Å²) in [5.74, 6) is -0.0593. The molecule has 0 amide bonds. The summed E-state index contributed by atoms with van der Waals surface area (Å²) in [5, 5.41) is 0. The van der Waals surface area contributed by atoms with E-state index in [1.54, 1.807) is 0 Å². The van der Waals surface area contributed by atoms with Crippen molar-refractivity contribution in [1.29, 1.82) is 0 Å². The van der Waals surface area contributed by atoms with Crippen LogP contribution >= 0.6 is 0 Å². The normalized spacial score (nSPS) is 8.55. The van der Waals surface area contributed by atoms with Gasteiger partial charge in [0.05, 0.1) is 6.61 Å². The van der Waals surface area contributed by atoms with Gasteiger partial charge in [-0.05, 0) is 13.3 Å². The molecule has 0 atom stereocenters. The maximum atomic E-state index is 10.7. The van der Waals surface area contributed by atoms with Crippen LogP contribution < -0.4 is 0 Å². The Morgan fingerprint density at radius 2 is 1.91 bits per heavy atom. The minimum Gasteiger partial charge on any atom is -0.466 e. The molecule has 0 N–H and O–H groups in total. The van der Waals surface area contributed by atoms with Gasteiger partial charge in [0.25, 0.3) is 0 Å². The van der Waals surface area contributed by atoms with E-state index >= 15 is 0 Å². The molecule has 0 aliphatic carbocycles. The Morgan fingerprint density at radius 3 is 2.36 bits per heavy atom. The average Bonchev–Trinajstić information content (AvgIpc) is 1.89. The predicted octanol–water partition coefficient (Wildman–Crippen LogP) is 2.13. The van der Waals surface area contributed by atoms with E-state index < -0.39 is 0 Å². The molecule has 0 fully saturated rings. The Hall–Kier alpha value is 0.821. The summed E-state index contributed by atoms with van der Waals surface area (Å²) >= 11 is 0. The van der Waals surface area contributed by atoms with Gasteiger partial charge >= 0.3 is 5.97 Å². The first kappa shape index (κ1) is 14.4. The van der Waals surface area contributed by atoms with Gasteiger partial charge < -0.3 is 4.74 Å². The molecular weight excluding hydrogens is 272 g/mol. The topological polar surface area (TPSA) is 26.3 Å². The van der Waals surface area contributed by atoms with Crippen LogP contribution in [-0.4, -0.2) is 12.6 Å². The van der Waals surface area contributed by atoms with Crippen LogP contribution in [0.1, 0.15) is 39.5 Å². The second-order valence-corrected chi connectivity index (χ2v) is 2.26. The molecule has 0 spiro atoms. The minimum absolute atomic E-state index is 0. The van der Waals surface area contributed by atoms with Crippen LogP contribution in [0.2, 0.25) is 0 Å². The SMILES string of the molecule is CCCCCC(=O)OCC.[Nd]. The fourth-order valence-corrected chi connectivity index (χ4v) is 0.752.